The minimum atomic E-state index is -0.695. The van der Waals surface area contributed by atoms with Gasteiger partial charge in [-0.25, -0.2) is 4.84 Å². The average molecular weight is 486 g/mol. The third kappa shape index (κ3) is 4.18. The number of halogens is 2. The molecule has 3 fully saturated rings. The number of aliphatic imine (C=N–C) groups is 1. The van der Waals surface area contributed by atoms with Crippen LogP contribution in [0.15, 0.2) is 34.8 Å². The highest BCUT2D eigenvalue weighted by Crippen LogP contribution is 2.35. The number of nitrogens with zero attached hydrogens (tertiary/aromatic N) is 3. The van der Waals surface area contributed by atoms with Crippen LogP contribution in [-0.4, -0.2) is 52.9 Å². The highest BCUT2D eigenvalue weighted by Gasteiger charge is 2.37. The molecule has 0 aromatic heterocycles. The number of carbonyl (C=O) groups excluding carboxylic acids is 1. The third-order valence-corrected chi connectivity index (χ3v) is 5.88. The molecule has 0 aliphatic carbocycles. The number of amides is 1. The predicted octanol–water partition coefficient (Wildman–Crippen LogP) is 1.43. The minimum absolute atomic E-state index is 0.151. The summed E-state index contributed by atoms with van der Waals surface area (Å²) in [5.74, 6) is -0.878. The molecule has 3 unspecified atom stereocenters. The average Bonchev–Trinajstić information content (AvgIpc) is 2.79. The molecular weight excluding hydrogens is 465 g/mol. The first-order valence-electron chi connectivity index (χ1n) is 10.1. The number of amidine groups is 1. The topological polar surface area (TPSA) is 132 Å². The van der Waals surface area contributed by atoms with E-state index < -0.39 is 18.0 Å². The van der Waals surface area contributed by atoms with Crippen molar-refractivity contribution < 1.29 is 24.5 Å². The third-order valence-electron chi connectivity index (χ3n) is 5.20. The molecule has 3 saturated heterocycles. The number of fused-ring (bicyclic) bond motifs is 2. The molecule has 32 heavy (non-hydrogen) atoms. The maximum absolute atomic E-state index is 12.8. The molecule has 172 valence electrons. The molecule has 5 N–H and O–H groups in total. The molecule has 14 heteroatoms. The lowest BCUT2D eigenvalue weighted by atomic mass is 10.1. The molecule has 4 aliphatic heterocycles. The van der Waals surface area contributed by atoms with Gasteiger partial charge in [-0.3, -0.25) is 15.4 Å². The number of carbonyl (C=O) groups is 1. The molecule has 0 spiro atoms. The summed E-state index contributed by atoms with van der Waals surface area (Å²) < 4.78 is 0. The number of anilines is 2. The molecule has 1 amide bonds. The second-order valence-electron chi connectivity index (χ2n) is 7.44. The fraction of sp³-hybridized carbons (Fsp3) is 0.444. The molecule has 0 bridgehead atoms. The van der Waals surface area contributed by atoms with E-state index in [1.54, 1.807) is 18.2 Å². The number of hydroxylamine groups is 3. The Morgan fingerprint density at radius 3 is 3.09 bits per heavy atom. The van der Waals surface area contributed by atoms with Crippen LogP contribution in [0.25, 0.3) is 0 Å². The van der Waals surface area contributed by atoms with Gasteiger partial charge in [0.25, 0.3) is 17.5 Å². The Balaban J connectivity index is 1.31. The van der Waals surface area contributed by atoms with Crippen molar-refractivity contribution in [2.45, 2.75) is 37.2 Å². The van der Waals surface area contributed by atoms with Crippen LogP contribution in [0.1, 0.15) is 19.3 Å². The summed E-state index contributed by atoms with van der Waals surface area (Å²) in [4.78, 5) is 33.6. The highest BCUT2D eigenvalue weighted by atomic mass is 35.5. The molecular formula is C18H21Cl2N7O5. The van der Waals surface area contributed by atoms with E-state index in [1.165, 1.54) is 5.06 Å². The molecule has 1 aromatic rings. The summed E-state index contributed by atoms with van der Waals surface area (Å²) >= 11 is 12.6. The SMILES string of the molecule is O=C(Nc1cccc(N2ONC3NC(Cl)CNC3O2)c1Cl)C1=C(O)N=C2CCCCN2O1. The lowest BCUT2D eigenvalue weighted by molar-refractivity contribution is -0.244. The number of hydrogen-bond donors (Lipinski definition) is 5. The Hall–Kier alpha value is -2.32. The number of nitrogens with one attached hydrogen (secondary N) is 4. The number of piperidine rings is 1. The summed E-state index contributed by atoms with van der Waals surface area (Å²) in [5, 5.41) is 21.8. The van der Waals surface area contributed by atoms with E-state index >= 15 is 0 Å². The zero-order chi connectivity index (χ0) is 22.2. The van der Waals surface area contributed by atoms with Crippen LogP contribution in [0.3, 0.4) is 0 Å². The Bertz CT molecular complexity index is 977. The fourth-order valence-corrected chi connectivity index (χ4v) is 4.08. The number of rotatable bonds is 3. The predicted molar refractivity (Wildman–Crippen MR) is 115 cm³/mol. The van der Waals surface area contributed by atoms with Gasteiger partial charge in [-0.05, 0) is 25.0 Å². The van der Waals surface area contributed by atoms with Gasteiger partial charge in [0.2, 0.25) is 0 Å². The first-order chi connectivity index (χ1) is 15.5. The summed E-state index contributed by atoms with van der Waals surface area (Å²) in [6.45, 7) is 1.08. The van der Waals surface area contributed by atoms with Gasteiger partial charge in [-0.1, -0.05) is 17.7 Å². The van der Waals surface area contributed by atoms with Gasteiger partial charge in [0.1, 0.15) is 17.7 Å². The lowest BCUT2D eigenvalue weighted by Crippen LogP contribution is -2.70. The number of aliphatic hydroxyl groups is 1. The number of hydrogen-bond acceptors (Lipinski definition) is 11. The second-order valence-corrected chi connectivity index (χ2v) is 8.34. The van der Waals surface area contributed by atoms with Crippen LogP contribution < -0.4 is 26.7 Å². The molecule has 0 saturated carbocycles. The van der Waals surface area contributed by atoms with Crippen LogP contribution in [0.4, 0.5) is 11.4 Å². The largest absolute Gasteiger partial charge is 0.490 e. The maximum Gasteiger partial charge on any atom is 0.299 e. The van der Waals surface area contributed by atoms with Gasteiger partial charge < -0.3 is 15.3 Å². The number of alkyl halides is 1. The van der Waals surface area contributed by atoms with Crippen molar-refractivity contribution >= 4 is 46.3 Å². The van der Waals surface area contributed by atoms with Crippen molar-refractivity contribution in [1.29, 1.82) is 0 Å². The summed E-state index contributed by atoms with van der Waals surface area (Å²) in [5.41, 5.74) is 3.11. The second kappa shape index (κ2) is 8.90. The van der Waals surface area contributed by atoms with Crippen molar-refractivity contribution in [2.75, 3.05) is 23.6 Å². The molecule has 3 atom stereocenters. The Morgan fingerprint density at radius 2 is 2.22 bits per heavy atom. The Kier molecular flexibility index (Phi) is 5.99. The quantitative estimate of drug-likeness (QED) is 0.316. The number of aliphatic hydroxyl groups excluding tert-OH is 1. The van der Waals surface area contributed by atoms with E-state index in [9.17, 15) is 9.90 Å². The van der Waals surface area contributed by atoms with E-state index in [2.05, 4.69) is 26.4 Å². The van der Waals surface area contributed by atoms with Crippen LogP contribution >= 0.6 is 23.2 Å². The zero-order valence-corrected chi connectivity index (χ0v) is 18.2. The zero-order valence-electron chi connectivity index (χ0n) is 16.7. The maximum atomic E-state index is 12.8. The lowest BCUT2D eigenvalue weighted by Gasteiger charge is -2.42. The van der Waals surface area contributed by atoms with Crippen molar-refractivity contribution in [3.05, 3.63) is 34.9 Å². The van der Waals surface area contributed by atoms with Gasteiger partial charge in [0, 0.05) is 13.0 Å². The first kappa shape index (κ1) is 21.5. The molecule has 4 aliphatic rings. The van der Waals surface area contributed by atoms with Gasteiger partial charge in [0.05, 0.1) is 22.8 Å². The van der Waals surface area contributed by atoms with E-state index in [1.807, 2.05) is 0 Å². The van der Waals surface area contributed by atoms with E-state index in [0.717, 1.165) is 18.1 Å². The summed E-state index contributed by atoms with van der Waals surface area (Å²) in [6, 6.07) is 4.91. The van der Waals surface area contributed by atoms with Crippen LogP contribution in [-0.2, 0) is 19.4 Å². The van der Waals surface area contributed by atoms with Gasteiger partial charge in [0.15, 0.2) is 6.23 Å². The molecule has 5 rings (SSSR count). The van der Waals surface area contributed by atoms with E-state index in [-0.39, 0.29) is 28.1 Å². The molecule has 4 heterocycles. The van der Waals surface area contributed by atoms with Crippen LogP contribution in [0, 0.1) is 0 Å². The van der Waals surface area contributed by atoms with Crippen LogP contribution in [0.2, 0.25) is 5.02 Å². The van der Waals surface area contributed by atoms with Gasteiger partial charge in [-0.2, -0.15) is 20.5 Å². The normalized spacial score (nSPS) is 27.8. The molecule has 12 nitrogen and oxygen atoms in total. The van der Waals surface area contributed by atoms with E-state index in [0.29, 0.717) is 31.0 Å². The summed E-state index contributed by atoms with van der Waals surface area (Å²) in [7, 11) is 0. The van der Waals surface area contributed by atoms with E-state index in [4.69, 9.17) is 37.8 Å². The summed E-state index contributed by atoms with van der Waals surface area (Å²) in [6.07, 6.45) is 1.69. The molecule has 0 radical (unpaired) electrons. The van der Waals surface area contributed by atoms with Crippen molar-refractivity contribution in [1.82, 2.24) is 21.2 Å². The van der Waals surface area contributed by atoms with Crippen LogP contribution in [0.5, 0.6) is 0 Å². The highest BCUT2D eigenvalue weighted by molar-refractivity contribution is 6.36. The van der Waals surface area contributed by atoms with Crippen molar-refractivity contribution in [3.8, 4) is 0 Å². The van der Waals surface area contributed by atoms with Gasteiger partial charge >= 0.3 is 0 Å². The van der Waals surface area contributed by atoms with Crippen molar-refractivity contribution in [2.24, 2.45) is 4.99 Å². The first-order valence-corrected chi connectivity index (χ1v) is 10.9. The number of piperazine rings is 1. The molecule has 1 aromatic carbocycles. The Morgan fingerprint density at radius 1 is 1.34 bits per heavy atom. The van der Waals surface area contributed by atoms with Crippen molar-refractivity contribution in [3.63, 3.8) is 0 Å². The minimum Gasteiger partial charge on any atom is -0.490 e. The Labute approximate surface area is 192 Å². The fourth-order valence-electron chi connectivity index (χ4n) is 3.61. The number of benzene rings is 1. The van der Waals surface area contributed by atoms with Gasteiger partial charge in [-0.15, -0.1) is 16.8 Å². The monoisotopic (exact) mass is 485 g/mol. The smallest absolute Gasteiger partial charge is 0.299 e. The standard InChI is InChI=1S/C18H21Cl2N7O5/c19-11-8-21-18-15(23-11)25-32-27(31-18)10-5-3-4-9(13(10)20)22-16(28)14-17(29)24-12-6-1-2-7-26(12)30-14/h3-5,11,15,18,21,23,25,29H,1-2,6-8H2,(H,22,28).